The van der Waals surface area contributed by atoms with E-state index in [1.165, 1.54) is 11.1 Å². The van der Waals surface area contributed by atoms with E-state index in [0.717, 1.165) is 34.6 Å². The molecule has 3 aromatic carbocycles. The molecular weight excluding hydrogens is 310 g/mol. The fraction of sp³-hybridized carbons (Fsp3) is 0.182. The van der Waals surface area contributed by atoms with Crippen molar-refractivity contribution < 1.29 is 9.47 Å². The maximum Gasteiger partial charge on any atom is 0.161 e. The third-order valence-corrected chi connectivity index (χ3v) is 4.33. The van der Waals surface area contributed by atoms with Gasteiger partial charge in [0.25, 0.3) is 0 Å². The fourth-order valence-electron chi connectivity index (χ4n) is 3.12. The van der Waals surface area contributed by atoms with Crippen LogP contribution in [0.1, 0.15) is 5.56 Å². The molecule has 0 aliphatic rings. The molecule has 3 rings (SSSR count). The van der Waals surface area contributed by atoms with Crippen LogP contribution in [0.25, 0.3) is 22.3 Å². The minimum Gasteiger partial charge on any atom is -0.493 e. The van der Waals surface area contributed by atoms with Crippen LogP contribution < -0.4 is 15.2 Å². The van der Waals surface area contributed by atoms with Gasteiger partial charge < -0.3 is 15.2 Å². The van der Waals surface area contributed by atoms with E-state index in [0.29, 0.717) is 6.54 Å². The van der Waals surface area contributed by atoms with Gasteiger partial charge in [-0.2, -0.15) is 0 Å². The van der Waals surface area contributed by atoms with E-state index in [2.05, 4.69) is 48.5 Å². The van der Waals surface area contributed by atoms with E-state index in [1.807, 2.05) is 18.2 Å². The van der Waals surface area contributed by atoms with Crippen LogP contribution in [0.5, 0.6) is 11.5 Å². The lowest BCUT2D eigenvalue weighted by Crippen LogP contribution is -2.05. The molecule has 128 valence electrons. The summed E-state index contributed by atoms with van der Waals surface area (Å²) in [7, 11) is 3.31. The lowest BCUT2D eigenvalue weighted by Gasteiger charge is -2.17. The molecule has 0 aliphatic heterocycles. The monoisotopic (exact) mass is 333 g/mol. The molecule has 0 spiro atoms. The minimum absolute atomic E-state index is 0.579. The predicted octanol–water partition coefficient (Wildman–Crippen LogP) is 4.54. The van der Waals surface area contributed by atoms with E-state index < -0.39 is 0 Å². The van der Waals surface area contributed by atoms with E-state index in [9.17, 15) is 0 Å². The molecule has 3 aromatic rings. The van der Waals surface area contributed by atoms with Gasteiger partial charge in [0.05, 0.1) is 14.2 Å². The second-order valence-electron chi connectivity index (χ2n) is 5.81. The molecule has 2 N–H and O–H groups in total. The van der Waals surface area contributed by atoms with Gasteiger partial charge in [-0.1, -0.05) is 54.6 Å². The highest BCUT2D eigenvalue weighted by molar-refractivity contribution is 5.86. The summed E-state index contributed by atoms with van der Waals surface area (Å²) in [5.74, 6) is 1.45. The molecule has 0 fully saturated rings. The number of methoxy groups -OCH3 is 2. The highest BCUT2D eigenvalue weighted by Gasteiger charge is 2.15. The van der Waals surface area contributed by atoms with Crippen molar-refractivity contribution in [3.05, 3.63) is 72.3 Å². The maximum absolute atomic E-state index is 5.85. The van der Waals surface area contributed by atoms with Crippen LogP contribution in [-0.4, -0.2) is 20.8 Å². The molecular formula is C22H23NO2. The molecule has 0 aromatic heterocycles. The van der Waals surface area contributed by atoms with Gasteiger partial charge in [-0.15, -0.1) is 0 Å². The molecule has 0 heterocycles. The summed E-state index contributed by atoms with van der Waals surface area (Å²) in [5, 5.41) is 0. The second kappa shape index (κ2) is 7.86. The summed E-state index contributed by atoms with van der Waals surface area (Å²) in [4.78, 5) is 0. The molecule has 3 nitrogen and oxygen atoms in total. The van der Waals surface area contributed by atoms with Gasteiger partial charge in [0.15, 0.2) is 11.5 Å². The highest BCUT2D eigenvalue weighted by atomic mass is 16.5. The van der Waals surface area contributed by atoms with Crippen LogP contribution in [0, 0.1) is 0 Å². The Hall–Kier alpha value is -2.78. The largest absolute Gasteiger partial charge is 0.493 e. The van der Waals surface area contributed by atoms with Crippen LogP contribution in [0.4, 0.5) is 0 Å². The number of rotatable bonds is 6. The lowest BCUT2D eigenvalue weighted by atomic mass is 9.90. The van der Waals surface area contributed by atoms with Crippen molar-refractivity contribution in [3.63, 3.8) is 0 Å². The van der Waals surface area contributed by atoms with E-state index in [4.69, 9.17) is 15.2 Å². The van der Waals surface area contributed by atoms with Crippen molar-refractivity contribution >= 4 is 0 Å². The first-order chi connectivity index (χ1) is 12.3. The molecule has 0 radical (unpaired) electrons. The van der Waals surface area contributed by atoms with Crippen LogP contribution in [0.2, 0.25) is 0 Å². The lowest BCUT2D eigenvalue weighted by molar-refractivity contribution is 0.354. The number of benzene rings is 3. The van der Waals surface area contributed by atoms with Gasteiger partial charge in [0, 0.05) is 0 Å². The average Bonchev–Trinajstić information content (AvgIpc) is 2.68. The average molecular weight is 333 g/mol. The van der Waals surface area contributed by atoms with E-state index in [1.54, 1.807) is 14.2 Å². The summed E-state index contributed by atoms with van der Waals surface area (Å²) >= 11 is 0. The van der Waals surface area contributed by atoms with Crippen molar-refractivity contribution in [2.24, 2.45) is 5.73 Å². The Balaban J connectivity index is 2.23. The Morgan fingerprint density at radius 3 is 1.96 bits per heavy atom. The third-order valence-electron chi connectivity index (χ3n) is 4.33. The molecule has 0 saturated carbocycles. The third kappa shape index (κ3) is 3.52. The second-order valence-corrected chi connectivity index (χ2v) is 5.81. The summed E-state index contributed by atoms with van der Waals surface area (Å²) in [6.45, 7) is 0.579. The fourth-order valence-corrected chi connectivity index (χ4v) is 3.12. The SMILES string of the molecule is COc1cc(CCN)c(-c2ccccc2-c2ccccc2)cc1OC. The highest BCUT2D eigenvalue weighted by Crippen LogP contribution is 2.39. The van der Waals surface area contributed by atoms with Gasteiger partial charge in [-0.05, 0) is 52.9 Å². The quantitative estimate of drug-likeness (QED) is 0.720. The summed E-state index contributed by atoms with van der Waals surface area (Å²) in [6, 6.07) is 22.9. The zero-order chi connectivity index (χ0) is 17.6. The molecule has 25 heavy (non-hydrogen) atoms. The molecule has 0 unspecified atom stereocenters. The normalized spacial score (nSPS) is 10.5. The summed E-state index contributed by atoms with van der Waals surface area (Å²) in [6.07, 6.45) is 0.777. The Morgan fingerprint density at radius 2 is 1.32 bits per heavy atom. The maximum atomic E-state index is 5.85. The van der Waals surface area contributed by atoms with Gasteiger partial charge in [-0.3, -0.25) is 0 Å². The first kappa shape index (κ1) is 17.1. The Labute approximate surface area is 149 Å². The van der Waals surface area contributed by atoms with E-state index in [-0.39, 0.29) is 0 Å². The van der Waals surface area contributed by atoms with Gasteiger partial charge in [0.2, 0.25) is 0 Å². The topological polar surface area (TPSA) is 44.5 Å². The Kier molecular flexibility index (Phi) is 5.36. The van der Waals surface area contributed by atoms with Crippen LogP contribution >= 0.6 is 0 Å². The Bertz CT molecular complexity index is 844. The van der Waals surface area contributed by atoms with Crippen molar-refractivity contribution in [2.75, 3.05) is 20.8 Å². The first-order valence-electron chi connectivity index (χ1n) is 8.38. The zero-order valence-corrected chi connectivity index (χ0v) is 14.7. The summed E-state index contributed by atoms with van der Waals surface area (Å²) < 4.78 is 11.0. The molecule has 0 bridgehead atoms. The zero-order valence-electron chi connectivity index (χ0n) is 14.7. The van der Waals surface area contributed by atoms with Gasteiger partial charge >= 0.3 is 0 Å². The smallest absolute Gasteiger partial charge is 0.161 e. The Morgan fingerprint density at radius 1 is 0.720 bits per heavy atom. The molecule has 0 saturated heterocycles. The van der Waals surface area contributed by atoms with Crippen molar-refractivity contribution in [1.82, 2.24) is 0 Å². The van der Waals surface area contributed by atoms with Gasteiger partial charge in [0.1, 0.15) is 0 Å². The molecule has 0 aliphatic carbocycles. The predicted molar refractivity (Wildman–Crippen MR) is 103 cm³/mol. The number of nitrogens with two attached hydrogens (primary N) is 1. The van der Waals surface area contributed by atoms with Crippen LogP contribution in [0.3, 0.4) is 0 Å². The minimum atomic E-state index is 0.579. The number of hydrogen-bond donors (Lipinski definition) is 1. The van der Waals surface area contributed by atoms with Crippen LogP contribution in [-0.2, 0) is 6.42 Å². The van der Waals surface area contributed by atoms with E-state index >= 15 is 0 Å². The molecule has 3 heteroatoms. The van der Waals surface area contributed by atoms with Crippen molar-refractivity contribution in [3.8, 4) is 33.8 Å². The van der Waals surface area contributed by atoms with Gasteiger partial charge in [-0.25, -0.2) is 0 Å². The van der Waals surface area contributed by atoms with Crippen molar-refractivity contribution in [1.29, 1.82) is 0 Å². The number of hydrogen-bond acceptors (Lipinski definition) is 3. The molecule has 0 atom stereocenters. The molecule has 0 amide bonds. The van der Waals surface area contributed by atoms with Crippen molar-refractivity contribution in [2.45, 2.75) is 6.42 Å². The van der Waals surface area contributed by atoms with Crippen LogP contribution in [0.15, 0.2) is 66.7 Å². The standard InChI is InChI=1S/C22H23NO2/c1-24-21-14-17(12-13-23)20(15-22(21)25-2)19-11-7-6-10-18(19)16-8-4-3-5-9-16/h3-11,14-15H,12-13,23H2,1-2H3. The summed E-state index contributed by atoms with van der Waals surface area (Å²) in [5.41, 5.74) is 11.7. The first-order valence-corrected chi connectivity index (χ1v) is 8.38. The number of ether oxygens (including phenoxy) is 2.